The molecule has 1 heterocycles. The SMILES string of the molecule is CC.CC.CC1CCC(C=O)C1.CN1CCOCC1. The highest BCUT2D eigenvalue weighted by atomic mass is 16.5. The van der Waals surface area contributed by atoms with Crippen molar-refractivity contribution in [1.82, 2.24) is 4.90 Å². The molecule has 1 aliphatic heterocycles. The number of carbonyl (C=O) groups is 1. The van der Waals surface area contributed by atoms with E-state index in [1.807, 2.05) is 27.7 Å². The topological polar surface area (TPSA) is 29.5 Å². The summed E-state index contributed by atoms with van der Waals surface area (Å²) in [4.78, 5) is 12.4. The quantitative estimate of drug-likeness (QED) is 0.683. The predicted molar refractivity (Wildman–Crippen MR) is 83.6 cm³/mol. The summed E-state index contributed by atoms with van der Waals surface area (Å²) in [6, 6.07) is 0. The molecular weight excluding hydrogens is 238 g/mol. The van der Waals surface area contributed by atoms with Crippen LogP contribution in [-0.2, 0) is 9.53 Å². The van der Waals surface area contributed by atoms with E-state index < -0.39 is 0 Å². The largest absolute Gasteiger partial charge is 0.379 e. The zero-order chi connectivity index (χ0) is 15.1. The van der Waals surface area contributed by atoms with Gasteiger partial charge in [-0.2, -0.15) is 0 Å². The van der Waals surface area contributed by atoms with Gasteiger partial charge in [0.05, 0.1) is 13.2 Å². The standard InChI is InChI=1S/C7H12O.C5H11NO.2C2H6/c1-6-2-3-7(4-6)5-8;1-6-2-4-7-5-3-6;2*1-2/h5-7H,2-4H2,1H3;2-5H2,1H3;2*1-2H3. The summed E-state index contributed by atoms with van der Waals surface area (Å²) in [5.74, 6) is 1.19. The fraction of sp³-hybridized carbons (Fsp3) is 0.938. The Bertz CT molecular complexity index is 180. The van der Waals surface area contributed by atoms with Gasteiger partial charge in [0.25, 0.3) is 0 Å². The molecule has 0 aromatic rings. The fourth-order valence-corrected chi connectivity index (χ4v) is 2.03. The third-order valence-electron chi connectivity index (χ3n) is 3.16. The summed E-state index contributed by atoms with van der Waals surface area (Å²) < 4.78 is 5.10. The summed E-state index contributed by atoms with van der Waals surface area (Å²) in [6.07, 6.45) is 4.61. The van der Waals surface area contributed by atoms with Crippen molar-refractivity contribution in [3.8, 4) is 0 Å². The van der Waals surface area contributed by atoms with Crippen molar-refractivity contribution in [2.75, 3.05) is 33.4 Å². The molecule has 0 N–H and O–H groups in total. The zero-order valence-corrected chi connectivity index (χ0v) is 13.9. The van der Waals surface area contributed by atoms with Crippen molar-refractivity contribution in [2.24, 2.45) is 11.8 Å². The highest BCUT2D eigenvalue weighted by Gasteiger charge is 2.19. The van der Waals surface area contributed by atoms with E-state index in [0.717, 1.165) is 51.3 Å². The highest BCUT2D eigenvalue weighted by molar-refractivity contribution is 5.53. The molecule has 116 valence electrons. The van der Waals surface area contributed by atoms with E-state index in [-0.39, 0.29) is 0 Å². The van der Waals surface area contributed by atoms with E-state index in [9.17, 15) is 4.79 Å². The van der Waals surface area contributed by atoms with Gasteiger partial charge in [-0.3, -0.25) is 0 Å². The van der Waals surface area contributed by atoms with Crippen molar-refractivity contribution in [1.29, 1.82) is 0 Å². The summed E-state index contributed by atoms with van der Waals surface area (Å²) >= 11 is 0. The Labute approximate surface area is 120 Å². The molecule has 0 aromatic carbocycles. The van der Waals surface area contributed by atoms with Crippen LogP contribution in [0.25, 0.3) is 0 Å². The molecule has 0 spiro atoms. The van der Waals surface area contributed by atoms with Gasteiger partial charge in [-0.05, 0) is 25.8 Å². The molecule has 2 fully saturated rings. The van der Waals surface area contributed by atoms with E-state index in [1.165, 1.54) is 6.42 Å². The lowest BCUT2D eigenvalue weighted by Gasteiger charge is -2.21. The second kappa shape index (κ2) is 15.6. The Morgan fingerprint density at radius 1 is 1.05 bits per heavy atom. The van der Waals surface area contributed by atoms with E-state index in [4.69, 9.17) is 4.74 Å². The number of morpholine rings is 1. The molecule has 2 aliphatic rings. The van der Waals surface area contributed by atoms with Crippen LogP contribution < -0.4 is 0 Å². The van der Waals surface area contributed by atoms with Gasteiger partial charge in [0.1, 0.15) is 6.29 Å². The third-order valence-corrected chi connectivity index (χ3v) is 3.16. The molecule has 3 heteroatoms. The molecule has 0 radical (unpaired) electrons. The number of rotatable bonds is 1. The first kappa shape index (κ1) is 20.9. The summed E-state index contributed by atoms with van der Waals surface area (Å²) in [5.41, 5.74) is 0. The summed E-state index contributed by atoms with van der Waals surface area (Å²) in [5, 5.41) is 0. The van der Waals surface area contributed by atoms with Crippen molar-refractivity contribution in [2.45, 2.75) is 53.9 Å². The first-order chi connectivity index (χ1) is 9.22. The molecule has 2 atom stereocenters. The van der Waals surface area contributed by atoms with Crippen LogP contribution in [0.15, 0.2) is 0 Å². The molecule has 2 unspecified atom stereocenters. The van der Waals surface area contributed by atoms with Gasteiger partial charge in [0, 0.05) is 19.0 Å². The summed E-state index contributed by atoms with van der Waals surface area (Å²) in [6.45, 7) is 14.2. The Balaban J connectivity index is 0. The van der Waals surface area contributed by atoms with Crippen molar-refractivity contribution in [3.63, 3.8) is 0 Å². The van der Waals surface area contributed by atoms with Gasteiger partial charge >= 0.3 is 0 Å². The van der Waals surface area contributed by atoms with Crippen molar-refractivity contribution < 1.29 is 9.53 Å². The van der Waals surface area contributed by atoms with E-state index in [1.54, 1.807) is 0 Å². The smallest absolute Gasteiger partial charge is 0.123 e. The van der Waals surface area contributed by atoms with Gasteiger partial charge < -0.3 is 14.4 Å². The zero-order valence-electron chi connectivity index (χ0n) is 13.9. The van der Waals surface area contributed by atoms with Gasteiger partial charge in [0.15, 0.2) is 0 Å². The van der Waals surface area contributed by atoms with Crippen LogP contribution >= 0.6 is 0 Å². The van der Waals surface area contributed by atoms with Crippen LogP contribution in [0, 0.1) is 11.8 Å². The number of likely N-dealkylation sites (N-methyl/N-ethyl adjacent to an activating group) is 1. The van der Waals surface area contributed by atoms with E-state index in [0.29, 0.717) is 5.92 Å². The molecule has 0 amide bonds. The first-order valence-electron chi connectivity index (χ1n) is 7.94. The molecule has 2 rings (SSSR count). The highest BCUT2D eigenvalue weighted by Crippen LogP contribution is 2.28. The number of ether oxygens (including phenoxy) is 1. The van der Waals surface area contributed by atoms with Crippen LogP contribution in [-0.4, -0.2) is 44.5 Å². The number of nitrogens with zero attached hydrogens (tertiary/aromatic N) is 1. The molecule has 1 saturated carbocycles. The number of hydrogen-bond acceptors (Lipinski definition) is 3. The Hall–Kier alpha value is -0.410. The maximum atomic E-state index is 10.2. The third kappa shape index (κ3) is 12.4. The molecule has 1 aliphatic carbocycles. The molecule has 3 nitrogen and oxygen atoms in total. The predicted octanol–water partition coefficient (Wildman–Crippen LogP) is 3.62. The molecule has 1 saturated heterocycles. The van der Waals surface area contributed by atoms with Gasteiger partial charge in [-0.1, -0.05) is 41.0 Å². The molecule has 0 aromatic heterocycles. The number of carbonyl (C=O) groups excluding carboxylic acids is 1. The lowest BCUT2D eigenvalue weighted by atomic mass is 10.1. The van der Waals surface area contributed by atoms with E-state index >= 15 is 0 Å². The van der Waals surface area contributed by atoms with Gasteiger partial charge in [0.2, 0.25) is 0 Å². The van der Waals surface area contributed by atoms with Crippen LogP contribution in [0.5, 0.6) is 0 Å². The second-order valence-electron chi connectivity index (χ2n) is 4.73. The van der Waals surface area contributed by atoms with Gasteiger partial charge in [-0.15, -0.1) is 0 Å². The van der Waals surface area contributed by atoms with Crippen LogP contribution in [0.4, 0.5) is 0 Å². The van der Waals surface area contributed by atoms with Gasteiger partial charge in [-0.25, -0.2) is 0 Å². The Kier molecular flexibility index (Phi) is 17.2. The molecule has 0 bridgehead atoms. The van der Waals surface area contributed by atoms with Crippen LogP contribution in [0.2, 0.25) is 0 Å². The maximum absolute atomic E-state index is 10.2. The second-order valence-corrected chi connectivity index (χ2v) is 4.73. The fourth-order valence-electron chi connectivity index (χ4n) is 2.03. The minimum atomic E-state index is 0.394. The average molecular weight is 273 g/mol. The normalized spacial score (nSPS) is 25.8. The Morgan fingerprint density at radius 2 is 1.58 bits per heavy atom. The molecular formula is C16H35NO2. The minimum Gasteiger partial charge on any atom is -0.379 e. The maximum Gasteiger partial charge on any atom is 0.123 e. The summed E-state index contributed by atoms with van der Waals surface area (Å²) in [7, 11) is 2.11. The number of aldehydes is 1. The first-order valence-corrected chi connectivity index (χ1v) is 7.94. The average Bonchev–Trinajstić information content (AvgIpc) is 2.91. The van der Waals surface area contributed by atoms with E-state index in [2.05, 4.69) is 18.9 Å². The van der Waals surface area contributed by atoms with Crippen molar-refractivity contribution >= 4 is 6.29 Å². The number of hydrogen-bond donors (Lipinski definition) is 0. The lowest BCUT2D eigenvalue weighted by Crippen LogP contribution is -2.32. The minimum absolute atomic E-state index is 0.394. The van der Waals surface area contributed by atoms with Crippen molar-refractivity contribution in [3.05, 3.63) is 0 Å². The molecule has 19 heavy (non-hydrogen) atoms. The van der Waals surface area contributed by atoms with Crippen LogP contribution in [0.3, 0.4) is 0 Å². The van der Waals surface area contributed by atoms with Crippen LogP contribution in [0.1, 0.15) is 53.9 Å². The lowest BCUT2D eigenvalue weighted by molar-refractivity contribution is -0.110. The monoisotopic (exact) mass is 273 g/mol. The Morgan fingerprint density at radius 3 is 1.79 bits per heavy atom.